The van der Waals surface area contributed by atoms with Gasteiger partial charge >= 0.3 is 0 Å². The summed E-state index contributed by atoms with van der Waals surface area (Å²) >= 11 is 5.92. The van der Waals surface area contributed by atoms with E-state index in [1.165, 1.54) is 24.0 Å². The summed E-state index contributed by atoms with van der Waals surface area (Å²) in [6, 6.07) is 6.69. The largest absolute Gasteiger partial charge is 0.313 e. The van der Waals surface area contributed by atoms with E-state index in [2.05, 4.69) is 17.4 Å². The van der Waals surface area contributed by atoms with E-state index in [1.54, 1.807) is 0 Å². The number of nitrogens with one attached hydrogen (secondary N) is 1. The first-order chi connectivity index (χ1) is 5.81. The normalized spacial score (nSPS) is 21.0. The third-order valence-electron chi connectivity index (χ3n) is 2.53. The maximum absolute atomic E-state index is 5.92. The highest BCUT2D eigenvalue weighted by molar-refractivity contribution is 6.30. The first-order valence-corrected chi connectivity index (χ1v) is 4.64. The molecular formula is C10H12ClN. The van der Waals surface area contributed by atoms with Crippen molar-refractivity contribution < 1.29 is 0 Å². The topological polar surface area (TPSA) is 12.0 Å². The summed E-state index contributed by atoms with van der Waals surface area (Å²) in [7, 11) is 2.00. The minimum absolute atomic E-state index is 0.513. The van der Waals surface area contributed by atoms with Gasteiger partial charge in [0.15, 0.2) is 0 Å². The molecule has 1 nitrogen and oxygen atoms in total. The average molecular weight is 182 g/mol. The van der Waals surface area contributed by atoms with Gasteiger partial charge in [-0.2, -0.15) is 0 Å². The van der Waals surface area contributed by atoms with Crippen LogP contribution in [0, 0.1) is 0 Å². The number of fused-ring (bicyclic) bond motifs is 1. The van der Waals surface area contributed by atoms with Crippen LogP contribution in [0.25, 0.3) is 0 Å². The molecule has 0 saturated heterocycles. The maximum atomic E-state index is 5.92. The highest BCUT2D eigenvalue weighted by atomic mass is 35.5. The van der Waals surface area contributed by atoms with Gasteiger partial charge in [0.05, 0.1) is 0 Å². The van der Waals surface area contributed by atoms with Crippen molar-refractivity contribution in [2.75, 3.05) is 7.05 Å². The van der Waals surface area contributed by atoms with Gasteiger partial charge in [-0.15, -0.1) is 0 Å². The van der Waals surface area contributed by atoms with Gasteiger partial charge in [0.2, 0.25) is 0 Å². The van der Waals surface area contributed by atoms with E-state index >= 15 is 0 Å². The number of hydrogen-bond donors (Lipinski definition) is 1. The van der Waals surface area contributed by atoms with Crippen LogP contribution >= 0.6 is 11.6 Å². The third kappa shape index (κ3) is 1.23. The van der Waals surface area contributed by atoms with Crippen molar-refractivity contribution in [2.24, 2.45) is 0 Å². The number of halogens is 1. The quantitative estimate of drug-likeness (QED) is 0.702. The van der Waals surface area contributed by atoms with Crippen LogP contribution in [0.3, 0.4) is 0 Å². The van der Waals surface area contributed by atoms with Crippen molar-refractivity contribution in [1.82, 2.24) is 5.32 Å². The lowest BCUT2D eigenvalue weighted by Gasteiger charge is -2.09. The van der Waals surface area contributed by atoms with Gasteiger partial charge < -0.3 is 5.32 Å². The summed E-state index contributed by atoms with van der Waals surface area (Å²) in [5.41, 5.74) is 2.82. The molecule has 1 N–H and O–H groups in total. The SMILES string of the molecule is CN[C@H]1CCc2ccc(Cl)cc21. The second kappa shape index (κ2) is 3.08. The first-order valence-electron chi connectivity index (χ1n) is 4.27. The average Bonchev–Trinajstić information content (AvgIpc) is 2.46. The van der Waals surface area contributed by atoms with Crippen LogP contribution in [-0.4, -0.2) is 7.05 Å². The molecule has 0 bridgehead atoms. The summed E-state index contributed by atoms with van der Waals surface area (Å²) in [5.74, 6) is 0. The summed E-state index contributed by atoms with van der Waals surface area (Å²) in [6.45, 7) is 0. The Balaban J connectivity index is 2.42. The molecule has 64 valence electrons. The standard InChI is InChI=1S/C10H12ClN/c1-12-10-5-3-7-2-4-8(11)6-9(7)10/h2,4,6,10,12H,3,5H2,1H3/t10-/m0/s1. The molecule has 0 aromatic heterocycles. The molecule has 0 saturated carbocycles. The second-order valence-electron chi connectivity index (χ2n) is 3.22. The monoisotopic (exact) mass is 181 g/mol. The molecular weight excluding hydrogens is 170 g/mol. The molecule has 0 heterocycles. The van der Waals surface area contributed by atoms with E-state index in [0.29, 0.717) is 6.04 Å². The fourth-order valence-corrected chi connectivity index (χ4v) is 2.05. The van der Waals surface area contributed by atoms with Gasteiger partial charge in [-0.25, -0.2) is 0 Å². The van der Waals surface area contributed by atoms with Gasteiger partial charge in [-0.1, -0.05) is 17.7 Å². The molecule has 0 radical (unpaired) electrons. The molecule has 1 aromatic carbocycles. The van der Waals surface area contributed by atoms with Crippen LogP contribution in [0.4, 0.5) is 0 Å². The number of hydrogen-bond acceptors (Lipinski definition) is 1. The Labute approximate surface area is 77.7 Å². The van der Waals surface area contributed by atoms with Crippen LogP contribution in [0.1, 0.15) is 23.6 Å². The molecule has 1 atom stereocenters. The lowest BCUT2D eigenvalue weighted by molar-refractivity contribution is 0.590. The zero-order valence-electron chi connectivity index (χ0n) is 7.10. The van der Waals surface area contributed by atoms with Crippen molar-refractivity contribution in [3.63, 3.8) is 0 Å². The fourth-order valence-electron chi connectivity index (χ4n) is 1.87. The molecule has 0 fully saturated rings. The summed E-state index contributed by atoms with van der Waals surface area (Å²) < 4.78 is 0. The third-order valence-corrected chi connectivity index (χ3v) is 2.77. The first kappa shape index (κ1) is 8.09. The Morgan fingerprint density at radius 2 is 2.33 bits per heavy atom. The predicted octanol–water partition coefficient (Wildman–Crippen LogP) is 2.55. The molecule has 1 aliphatic carbocycles. The molecule has 0 spiro atoms. The fraction of sp³-hybridized carbons (Fsp3) is 0.400. The van der Waals surface area contributed by atoms with Gasteiger partial charge in [0.1, 0.15) is 0 Å². The Bertz CT molecular complexity index is 296. The van der Waals surface area contributed by atoms with E-state index in [0.717, 1.165) is 5.02 Å². The molecule has 2 rings (SSSR count). The summed E-state index contributed by atoms with van der Waals surface area (Å²) in [6.07, 6.45) is 2.38. The van der Waals surface area contributed by atoms with Crippen LogP contribution < -0.4 is 5.32 Å². The van der Waals surface area contributed by atoms with Crippen LogP contribution in [0.15, 0.2) is 18.2 Å². The predicted molar refractivity (Wildman–Crippen MR) is 51.6 cm³/mol. The van der Waals surface area contributed by atoms with Crippen molar-refractivity contribution in [1.29, 1.82) is 0 Å². The van der Waals surface area contributed by atoms with Gasteiger partial charge in [-0.05, 0) is 43.1 Å². The van der Waals surface area contributed by atoms with Crippen molar-refractivity contribution >= 4 is 11.6 Å². The lowest BCUT2D eigenvalue weighted by Crippen LogP contribution is -2.12. The summed E-state index contributed by atoms with van der Waals surface area (Å²) in [5, 5.41) is 4.13. The number of benzene rings is 1. The van der Waals surface area contributed by atoms with E-state index in [1.807, 2.05) is 13.1 Å². The van der Waals surface area contributed by atoms with Crippen LogP contribution in [0.2, 0.25) is 5.02 Å². The van der Waals surface area contributed by atoms with Gasteiger partial charge in [0.25, 0.3) is 0 Å². The van der Waals surface area contributed by atoms with E-state index < -0.39 is 0 Å². The highest BCUT2D eigenvalue weighted by Gasteiger charge is 2.20. The highest BCUT2D eigenvalue weighted by Crippen LogP contribution is 2.32. The minimum atomic E-state index is 0.513. The van der Waals surface area contributed by atoms with Crippen molar-refractivity contribution in [2.45, 2.75) is 18.9 Å². The molecule has 2 heteroatoms. The van der Waals surface area contributed by atoms with E-state index in [9.17, 15) is 0 Å². The Morgan fingerprint density at radius 1 is 1.50 bits per heavy atom. The minimum Gasteiger partial charge on any atom is -0.313 e. The molecule has 12 heavy (non-hydrogen) atoms. The lowest BCUT2D eigenvalue weighted by atomic mass is 10.1. The Morgan fingerprint density at radius 3 is 3.08 bits per heavy atom. The Hall–Kier alpha value is -0.530. The van der Waals surface area contributed by atoms with Crippen molar-refractivity contribution in [3.8, 4) is 0 Å². The molecule has 0 unspecified atom stereocenters. The number of aryl methyl sites for hydroxylation is 1. The van der Waals surface area contributed by atoms with Crippen LogP contribution in [-0.2, 0) is 6.42 Å². The summed E-state index contributed by atoms with van der Waals surface area (Å²) in [4.78, 5) is 0. The smallest absolute Gasteiger partial charge is 0.0409 e. The van der Waals surface area contributed by atoms with Gasteiger partial charge in [0, 0.05) is 11.1 Å². The zero-order chi connectivity index (χ0) is 8.55. The number of rotatable bonds is 1. The van der Waals surface area contributed by atoms with Gasteiger partial charge in [-0.3, -0.25) is 0 Å². The second-order valence-corrected chi connectivity index (χ2v) is 3.66. The molecule has 1 aromatic rings. The Kier molecular flexibility index (Phi) is 2.07. The van der Waals surface area contributed by atoms with E-state index in [4.69, 9.17) is 11.6 Å². The molecule has 0 amide bonds. The maximum Gasteiger partial charge on any atom is 0.0409 e. The van der Waals surface area contributed by atoms with Crippen molar-refractivity contribution in [3.05, 3.63) is 34.3 Å². The molecule has 0 aliphatic heterocycles. The van der Waals surface area contributed by atoms with E-state index in [-0.39, 0.29) is 0 Å². The van der Waals surface area contributed by atoms with Crippen LogP contribution in [0.5, 0.6) is 0 Å². The molecule has 1 aliphatic rings. The zero-order valence-corrected chi connectivity index (χ0v) is 7.86.